The first-order valence-corrected chi connectivity index (χ1v) is 10.0. The van der Waals surface area contributed by atoms with Crippen molar-refractivity contribution in [1.29, 1.82) is 0 Å². The van der Waals surface area contributed by atoms with Gasteiger partial charge in [-0.2, -0.15) is 11.8 Å². The van der Waals surface area contributed by atoms with Gasteiger partial charge in [-0.05, 0) is 45.2 Å². The van der Waals surface area contributed by atoms with Crippen molar-refractivity contribution in [3.8, 4) is 0 Å². The van der Waals surface area contributed by atoms with Crippen LogP contribution >= 0.6 is 11.8 Å². The number of carbonyl (C=O) groups is 2. The van der Waals surface area contributed by atoms with Gasteiger partial charge in [0.2, 0.25) is 5.91 Å². The number of hydrogen-bond acceptors (Lipinski definition) is 4. The summed E-state index contributed by atoms with van der Waals surface area (Å²) < 4.78 is 18.9. The summed E-state index contributed by atoms with van der Waals surface area (Å²) in [5, 5.41) is 2.87. The highest BCUT2D eigenvalue weighted by molar-refractivity contribution is 7.98. The van der Waals surface area contributed by atoms with E-state index in [0.29, 0.717) is 36.6 Å². The maximum atomic E-state index is 13.5. The van der Waals surface area contributed by atoms with Crippen LogP contribution in [0.25, 0.3) is 0 Å². The molecule has 26 heavy (non-hydrogen) atoms. The zero-order valence-electron chi connectivity index (χ0n) is 15.6. The lowest BCUT2D eigenvalue weighted by Crippen LogP contribution is -2.47. The fraction of sp³-hybridized carbons (Fsp3) is 0.579. The summed E-state index contributed by atoms with van der Waals surface area (Å²) in [4.78, 5) is 26.1. The van der Waals surface area contributed by atoms with Crippen molar-refractivity contribution in [3.63, 3.8) is 0 Å². The zero-order valence-corrected chi connectivity index (χ0v) is 16.4. The van der Waals surface area contributed by atoms with Crippen LogP contribution in [-0.2, 0) is 15.3 Å². The van der Waals surface area contributed by atoms with Crippen molar-refractivity contribution in [3.05, 3.63) is 35.6 Å². The summed E-state index contributed by atoms with van der Waals surface area (Å²) in [6.07, 6.45) is 0.997. The fourth-order valence-electron chi connectivity index (χ4n) is 2.74. The quantitative estimate of drug-likeness (QED) is 0.764. The number of thioether (sulfide) groups is 1. The van der Waals surface area contributed by atoms with Crippen molar-refractivity contribution in [2.45, 2.75) is 51.0 Å². The van der Waals surface area contributed by atoms with Gasteiger partial charge in [-0.15, -0.1) is 0 Å². The Morgan fingerprint density at radius 2 is 2.08 bits per heavy atom. The van der Waals surface area contributed by atoms with E-state index in [1.54, 1.807) is 23.9 Å². The fourth-order valence-corrected chi connectivity index (χ4v) is 3.58. The van der Waals surface area contributed by atoms with Crippen molar-refractivity contribution in [2.24, 2.45) is 0 Å². The molecule has 1 heterocycles. The van der Waals surface area contributed by atoms with E-state index in [0.717, 1.165) is 6.42 Å². The zero-order chi connectivity index (χ0) is 19.2. The van der Waals surface area contributed by atoms with Gasteiger partial charge in [0, 0.05) is 24.6 Å². The van der Waals surface area contributed by atoms with Crippen LogP contribution < -0.4 is 5.32 Å². The van der Waals surface area contributed by atoms with Crippen molar-refractivity contribution < 1.29 is 18.7 Å². The Labute approximate surface area is 158 Å². The van der Waals surface area contributed by atoms with E-state index in [1.807, 2.05) is 26.8 Å². The molecule has 1 aliphatic rings. The smallest absolute Gasteiger partial charge is 0.410 e. The number of ether oxygens (including phenoxy) is 1. The van der Waals surface area contributed by atoms with Crippen LogP contribution in [0.3, 0.4) is 0 Å². The van der Waals surface area contributed by atoms with E-state index in [1.165, 1.54) is 11.0 Å². The molecule has 0 saturated carbocycles. The largest absolute Gasteiger partial charge is 0.444 e. The summed E-state index contributed by atoms with van der Waals surface area (Å²) in [6, 6.07) is 6.22. The first kappa shape index (κ1) is 20.6. The molecule has 1 aromatic rings. The number of rotatable bonds is 6. The van der Waals surface area contributed by atoms with Gasteiger partial charge < -0.3 is 10.1 Å². The van der Waals surface area contributed by atoms with Crippen LogP contribution in [0.2, 0.25) is 0 Å². The number of nitrogens with zero attached hydrogens (tertiary/aromatic N) is 1. The summed E-state index contributed by atoms with van der Waals surface area (Å²) in [6.45, 7) is 6.44. The molecular weight excluding hydrogens is 355 g/mol. The highest BCUT2D eigenvalue weighted by Crippen LogP contribution is 2.21. The van der Waals surface area contributed by atoms with Gasteiger partial charge in [-0.3, -0.25) is 9.69 Å². The molecule has 144 valence electrons. The molecule has 0 aliphatic carbocycles. The third kappa shape index (κ3) is 6.20. The molecular formula is C19H27FN2O3S. The topological polar surface area (TPSA) is 58.6 Å². The number of benzene rings is 1. The van der Waals surface area contributed by atoms with Gasteiger partial charge >= 0.3 is 6.09 Å². The van der Waals surface area contributed by atoms with E-state index in [4.69, 9.17) is 4.74 Å². The molecule has 0 radical (unpaired) electrons. The Morgan fingerprint density at radius 3 is 2.77 bits per heavy atom. The Kier molecular flexibility index (Phi) is 7.32. The van der Waals surface area contributed by atoms with Gasteiger partial charge in [0.1, 0.15) is 17.5 Å². The second-order valence-corrected chi connectivity index (χ2v) is 8.37. The molecule has 2 amide bonds. The molecule has 0 bridgehead atoms. The summed E-state index contributed by atoms with van der Waals surface area (Å²) in [5.74, 6) is 0.887. The van der Waals surface area contributed by atoms with Crippen LogP contribution in [0.4, 0.5) is 9.18 Å². The van der Waals surface area contributed by atoms with Crippen molar-refractivity contribution in [1.82, 2.24) is 10.2 Å². The third-order valence-electron chi connectivity index (χ3n) is 3.94. The molecule has 5 nitrogen and oxygen atoms in total. The predicted molar refractivity (Wildman–Crippen MR) is 102 cm³/mol. The molecule has 1 aromatic carbocycles. The Bertz CT molecular complexity index is 633. The number of amides is 2. The maximum absolute atomic E-state index is 13.5. The number of carbonyl (C=O) groups excluding carboxylic acids is 2. The SMILES string of the molecule is CC(C)(C)OC(=O)N1CCC[C@H]1C(=O)NCCSCc1ccccc1F. The van der Waals surface area contributed by atoms with Crippen LogP contribution in [0.15, 0.2) is 24.3 Å². The Morgan fingerprint density at radius 1 is 1.35 bits per heavy atom. The third-order valence-corrected chi connectivity index (χ3v) is 4.95. The van der Waals surface area contributed by atoms with E-state index < -0.39 is 17.7 Å². The van der Waals surface area contributed by atoms with Gasteiger partial charge in [0.25, 0.3) is 0 Å². The lowest BCUT2D eigenvalue weighted by molar-refractivity contribution is -0.125. The molecule has 0 unspecified atom stereocenters. The Balaban J connectivity index is 1.73. The van der Waals surface area contributed by atoms with Gasteiger partial charge in [0.15, 0.2) is 0 Å². The highest BCUT2D eigenvalue weighted by atomic mass is 32.2. The average molecular weight is 383 g/mol. The normalized spacial score (nSPS) is 17.2. The van der Waals surface area contributed by atoms with Crippen LogP contribution in [0.1, 0.15) is 39.2 Å². The lowest BCUT2D eigenvalue weighted by Gasteiger charge is -2.28. The van der Waals surface area contributed by atoms with E-state index >= 15 is 0 Å². The molecule has 0 spiro atoms. The summed E-state index contributed by atoms with van der Waals surface area (Å²) in [7, 11) is 0. The van der Waals surface area contributed by atoms with Gasteiger partial charge in [0.05, 0.1) is 0 Å². The molecule has 7 heteroatoms. The van der Waals surface area contributed by atoms with Crippen LogP contribution in [0.5, 0.6) is 0 Å². The number of halogens is 1. The minimum Gasteiger partial charge on any atom is -0.444 e. The molecule has 1 aliphatic heterocycles. The summed E-state index contributed by atoms with van der Waals surface area (Å²) >= 11 is 1.56. The molecule has 2 rings (SSSR count). The van der Waals surface area contributed by atoms with Gasteiger partial charge in [-0.1, -0.05) is 18.2 Å². The molecule has 1 fully saturated rings. The molecule has 0 aromatic heterocycles. The van der Waals surface area contributed by atoms with Crippen molar-refractivity contribution >= 4 is 23.8 Å². The van der Waals surface area contributed by atoms with E-state index in [9.17, 15) is 14.0 Å². The van der Waals surface area contributed by atoms with E-state index in [-0.39, 0.29) is 11.7 Å². The summed E-state index contributed by atoms with van der Waals surface area (Å²) in [5.41, 5.74) is 0.0834. The second kappa shape index (κ2) is 9.26. The monoisotopic (exact) mass is 382 g/mol. The number of likely N-dealkylation sites (tertiary alicyclic amines) is 1. The molecule has 1 atom stereocenters. The highest BCUT2D eigenvalue weighted by Gasteiger charge is 2.36. The minimum atomic E-state index is -0.579. The van der Waals surface area contributed by atoms with Crippen LogP contribution in [0, 0.1) is 5.82 Å². The molecule has 1 N–H and O–H groups in total. The second-order valence-electron chi connectivity index (χ2n) is 7.27. The number of nitrogens with one attached hydrogen (secondary N) is 1. The van der Waals surface area contributed by atoms with Crippen LogP contribution in [-0.4, -0.2) is 47.4 Å². The van der Waals surface area contributed by atoms with E-state index in [2.05, 4.69) is 5.32 Å². The predicted octanol–water partition coefficient (Wildman–Crippen LogP) is 3.57. The van der Waals surface area contributed by atoms with Crippen molar-refractivity contribution in [2.75, 3.05) is 18.8 Å². The molecule has 1 saturated heterocycles. The minimum absolute atomic E-state index is 0.153. The Hall–Kier alpha value is -1.76. The standard InChI is InChI=1S/C19H27FN2O3S/c1-19(2,3)25-18(24)22-11-6-9-16(22)17(23)21-10-12-26-13-14-7-4-5-8-15(14)20/h4-5,7-8,16H,6,9-13H2,1-3H3,(H,21,23)/t16-/m0/s1. The lowest BCUT2D eigenvalue weighted by atomic mass is 10.2. The average Bonchev–Trinajstić information content (AvgIpc) is 3.04. The number of hydrogen-bond donors (Lipinski definition) is 1. The first-order chi connectivity index (χ1) is 12.3. The maximum Gasteiger partial charge on any atom is 0.410 e. The van der Waals surface area contributed by atoms with Gasteiger partial charge in [-0.25, -0.2) is 9.18 Å². The first-order valence-electron chi connectivity index (χ1n) is 8.86.